The maximum Gasteiger partial charge on any atom is 0.253 e. The van der Waals surface area contributed by atoms with Gasteiger partial charge in [-0.05, 0) is 55.7 Å². The number of halogens is 4. The second-order valence-electron chi connectivity index (χ2n) is 8.10. The first-order chi connectivity index (χ1) is 16.2. The average Bonchev–Trinajstić information content (AvgIpc) is 2.84. The van der Waals surface area contributed by atoms with Crippen molar-refractivity contribution in [1.29, 1.82) is 0 Å². The Morgan fingerprint density at radius 3 is 2.24 bits per heavy atom. The first kappa shape index (κ1) is 25.2. The van der Waals surface area contributed by atoms with Crippen LogP contribution < -0.4 is 5.32 Å². The minimum atomic E-state index is -1.69. The van der Waals surface area contributed by atoms with Gasteiger partial charge in [0.1, 0.15) is 5.82 Å². The van der Waals surface area contributed by atoms with E-state index in [9.17, 15) is 31.9 Å². The second kappa shape index (κ2) is 11.1. The topological polar surface area (TPSA) is 69.7 Å². The second-order valence-corrected chi connectivity index (χ2v) is 8.10. The number of anilines is 1. The predicted molar refractivity (Wildman–Crippen MR) is 117 cm³/mol. The summed E-state index contributed by atoms with van der Waals surface area (Å²) in [5.41, 5.74) is -0.152. The summed E-state index contributed by atoms with van der Waals surface area (Å²) in [6.45, 7) is 2.40. The summed E-state index contributed by atoms with van der Waals surface area (Å²) >= 11 is 0. The lowest BCUT2D eigenvalue weighted by Crippen LogP contribution is -2.46. The van der Waals surface area contributed by atoms with Crippen molar-refractivity contribution < 1.29 is 31.9 Å². The molecule has 34 heavy (non-hydrogen) atoms. The number of likely N-dealkylation sites (tertiary alicyclic amines) is 1. The molecule has 1 aliphatic heterocycles. The number of nitrogens with one attached hydrogen (secondary N) is 1. The molecule has 1 N–H and O–H groups in total. The first-order valence-corrected chi connectivity index (χ1v) is 11.0. The molecule has 1 fully saturated rings. The number of carbonyl (C=O) groups is 3. The molecule has 0 unspecified atom stereocenters. The van der Waals surface area contributed by atoms with Crippen molar-refractivity contribution >= 4 is 23.4 Å². The standard InChI is InChI=1S/C24H25F4N3O3/c1-2-11-31(14-20(32)29-19-8-7-18(26)21(27)22(19)28)24(34)16-9-12-30(13-10-16)23(33)15-3-5-17(25)6-4-15/h3-8,16H,2,9-14H2,1H3,(H,29,32). The molecule has 182 valence electrons. The third kappa shape index (κ3) is 5.92. The zero-order valence-electron chi connectivity index (χ0n) is 18.6. The van der Waals surface area contributed by atoms with Gasteiger partial charge >= 0.3 is 0 Å². The van der Waals surface area contributed by atoms with Gasteiger partial charge in [-0.1, -0.05) is 6.92 Å². The highest BCUT2D eigenvalue weighted by Crippen LogP contribution is 2.23. The summed E-state index contributed by atoms with van der Waals surface area (Å²) in [4.78, 5) is 41.0. The van der Waals surface area contributed by atoms with E-state index in [-0.39, 0.29) is 24.9 Å². The molecule has 0 radical (unpaired) electrons. The molecule has 10 heteroatoms. The molecule has 2 aromatic carbocycles. The molecule has 1 heterocycles. The molecule has 3 amide bonds. The average molecular weight is 479 g/mol. The van der Waals surface area contributed by atoms with E-state index in [2.05, 4.69) is 5.32 Å². The zero-order valence-corrected chi connectivity index (χ0v) is 18.6. The van der Waals surface area contributed by atoms with Crippen molar-refractivity contribution in [2.45, 2.75) is 26.2 Å². The maximum atomic E-state index is 13.8. The van der Waals surface area contributed by atoms with Crippen molar-refractivity contribution in [2.24, 2.45) is 5.92 Å². The van der Waals surface area contributed by atoms with Crippen molar-refractivity contribution in [3.63, 3.8) is 0 Å². The Hall–Kier alpha value is -3.43. The number of piperidine rings is 1. The van der Waals surface area contributed by atoms with E-state index in [1.54, 1.807) is 4.90 Å². The number of hydrogen-bond donors (Lipinski definition) is 1. The van der Waals surface area contributed by atoms with Crippen molar-refractivity contribution in [3.8, 4) is 0 Å². The van der Waals surface area contributed by atoms with Crippen LogP contribution in [0.1, 0.15) is 36.5 Å². The number of hydrogen-bond acceptors (Lipinski definition) is 3. The molecule has 0 aromatic heterocycles. The van der Waals surface area contributed by atoms with Gasteiger partial charge in [0.25, 0.3) is 5.91 Å². The number of benzene rings is 2. The Balaban J connectivity index is 1.58. The van der Waals surface area contributed by atoms with Gasteiger partial charge in [0.05, 0.1) is 12.2 Å². The molecule has 0 bridgehead atoms. The Bertz CT molecular complexity index is 1050. The molecule has 1 saturated heterocycles. The molecule has 3 rings (SSSR count). The van der Waals surface area contributed by atoms with Crippen LogP contribution in [0.5, 0.6) is 0 Å². The van der Waals surface area contributed by atoms with Crippen LogP contribution in [0.25, 0.3) is 0 Å². The lowest BCUT2D eigenvalue weighted by molar-refractivity contribution is -0.139. The van der Waals surface area contributed by atoms with Crippen LogP contribution >= 0.6 is 0 Å². The van der Waals surface area contributed by atoms with Crippen molar-refractivity contribution in [3.05, 3.63) is 65.2 Å². The van der Waals surface area contributed by atoms with Crippen LogP contribution in [0.2, 0.25) is 0 Å². The minimum Gasteiger partial charge on any atom is -0.339 e. The van der Waals surface area contributed by atoms with Crippen LogP contribution in [-0.4, -0.2) is 53.7 Å². The van der Waals surface area contributed by atoms with Gasteiger partial charge in [-0.2, -0.15) is 0 Å². The van der Waals surface area contributed by atoms with Gasteiger partial charge in [0.15, 0.2) is 17.5 Å². The van der Waals surface area contributed by atoms with E-state index in [4.69, 9.17) is 0 Å². The van der Waals surface area contributed by atoms with Gasteiger partial charge in [0.2, 0.25) is 11.8 Å². The minimum absolute atomic E-state index is 0.246. The van der Waals surface area contributed by atoms with Crippen LogP contribution in [0.15, 0.2) is 36.4 Å². The van der Waals surface area contributed by atoms with Gasteiger partial charge in [-0.15, -0.1) is 0 Å². The molecular formula is C24H25F4N3O3. The van der Waals surface area contributed by atoms with Gasteiger partial charge < -0.3 is 15.1 Å². The maximum absolute atomic E-state index is 13.8. The first-order valence-electron chi connectivity index (χ1n) is 11.0. The van der Waals surface area contributed by atoms with Crippen LogP contribution in [0.3, 0.4) is 0 Å². The van der Waals surface area contributed by atoms with E-state index in [1.807, 2.05) is 6.92 Å². The van der Waals surface area contributed by atoms with E-state index in [1.165, 1.54) is 29.2 Å². The Kier molecular flexibility index (Phi) is 8.25. The lowest BCUT2D eigenvalue weighted by atomic mass is 9.94. The summed E-state index contributed by atoms with van der Waals surface area (Å²) in [6.07, 6.45) is 1.36. The van der Waals surface area contributed by atoms with Gasteiger partial charge in [-0.25, -0.2) is 17.6 Å². The molecule has 1 aliphatic rings. The number of amides is 3. The molecule has 0 atom stereocenters. The fraction of sp³-hybridized carbons (Fsp3) is 0.375. The summed E-state index contributed by atoms with van der Waals surface area (Å²) in [7, 11) is 0. The number of rotatable bonds is 7. The lowest BCUT2D eigenvalue weighted by Gasteiger charge is -2.34. The Morgan fingerprint density at radius 1 is 0.971 bits per heavy atom. The zero-order chi connectivity index (χ0) is 24.8. The van der Waals surface area contributed by atoms with Crippen LogP contribution in [-0.2, 0) is 9.59 Å². The third-order valence-electron chi connectivity index (χ3n) is 5.67. The van der Waals surface area contributed by atoms with E-state index in [0.29, 0.717) is 44.0 Å². The Labute approximate surface area is 194 Å². The summed E-state index contributed by atoms with van der Waals surface area (Å²) < 4.78 is 53.4. The normalized spacial score (nSPS) is 14.1. The summed E-state index contributed by atoms with van der Waals surface area (Å²) in [5, 5.41) is 2.17. The van der Waals surface area contributed by atoms with Crippen molar-refractivity contribution in [2.75, 3.05) is 31.5 Å². The highest BCUT2D eigenvalue weighted by molar-refractivity contribution is 5.95. The fourth-order valence-electron chi connectivity index (χ4n) is 3.89. The molecule has 2 aromatic rings. The van der Waals surface area contributed by atoms with E-state index in [0.717, 1.165) is 6.07 Å². The molecule has 0 aliphatic carbocycles. The van der Waals surface area contributed by atoms with Gasteiger partial charge in [0, 0.05) is 31.1 Å². The highest BCUT2D eigenvalue weighted by Gasteiger charge is 2.31. The van der Waals surface area contributed by atoms with Gasteiger partial charge in [-0.3, -0.25) is 14.4 Å². The third-order valence-corrected chi connectivity index (χ3v) is 5.67. The predicted octanol–water partition coefficient (Wildman–Crippen LogP) is 3.97. The molecule has 0 spiro atoms. The molecular weight excluding hydrogens is 454 g/mol. The number of carbonyl (C=O) groups excluding carboxylic acids is 3. The van der Waals surface area contributed by atoms with Crippen molar-refractivity contribution in [1.82, 2.24) is 9.80 Å². The SMILES string of the molecule is CCCN(CC(=O)Nc1ccc(F)c(F)c1F)C(=O)C1CCN(C(=O)c2ccc(F)cc2)CC1. The summed E-state index contributed by atoms with van der Waals surface area (Å²) in [6, 6.07) is 6.85. The number of nitrogens with zero attached hydrogens (tertiary/aromatic N) is 2. The fourth-order valence-corrected chi connectivity index (χ4v) is 3.89. The van der Waals surface area contributed by atoms with E-state index >= 15 is 0 Å². The molecule has 6 nitrogen and oxygen atoms in total. The van der Waals surface area contributed by atoms with Crippen LogP contribution in [0.4, 0.5) is 23.2 Å². The largest absolute Gasteiger partial charge is 0.339 e. The molecule has 0 saturated carbocycles. The smallest absolute Gasteiger partial charge is 0.253 e. The summed E-state index contributed by atoms with van der Waals surface area (Å²) in [5.74, 6) is -6.68. The monoisotopic (exact) mass is 479 g/mol. The van der Waals surface area contributed by atoms with Crippen LogP contribution in [0, 0.1) is 29.2 Å². The highest BCUT2D eigenvalue weighted by atomic mass is 19.2. The Morgan fingerprint density at radius 2 is 1.62 bits per heavy atom. The van der Waals surface area contributed by atoms with E-state index < -0.39 is 40.8 Å². The quantitative estimate of drug-likeness (QED) is 0.483.